The molecule has 0 radical (unpaired) electrons. The smallest absolute Gasteiger partial charge is 0.339 e. The number of ether oxygens (including phenoxy) is 2. The van der Waals surface area contributed by atoms with Crippen molar-refractivity contribution < 1.29 is 39.5 Å². The Bertz CT molecular complexity index is 1160. The van der Waals surface area contributed by atoms with Crippen molar-refractivity contribution in [3.63, 3.8) is 0 Å². The Morgan fingerprint density at radius 1 is 1.16 bits per heavy atom. The summed E-state index contributed by atoms with van der Waals surface area (Å²) in [5, 5.41) is 42.5. The molecule has 2 saturated heterocycles. The molecule has 2 fully saturated rings. The van der Waals surface area contributed by atoms with Crippen LogP contribution in [0.5, 0.6) is 5.75 Å². The van der Waals surface area contributed by atoms with Gasteiger partial charge in [0, 0.05) is 16.9 Å². The number of aryl methyl sites for hydroxylation is 1. The zero-order valence-corrected chi connectivity index (χ0v) is 27.9. The highest BCUT2D eigenvalue weighted by atomic mass is 35.5. The number of hydrogen-bond acceptors (Lipinski definition) is 7. The van der Waals surface area contributed by atoms with Crippen LogP contribution in [0.1, 0.15) is 115 Å². The minimum absolute atomic E-state index is 0.0406. The van der Waals surface area contributed by atoms with Gasteiger partial charge in [0.2, 0.25) is 0 Å². The lowest BCUT2D eigenvalue weighted by molar-refractivity contribution is -0.229. The van der Waals surface area contributed by atoms with Crippen LogP contribution >= 0.6 is 11.6 Å². The number of aliphatic hydroxyl groups excluding tert-OH is 1. The van der Waals surface area contributed by atoms with E-state index in [0.29, 0.717) is 43.2 Å². The summed E-state index contributed by atoms with van der Waals surface area (Å²) >= 11 is 6.37. The summed E-state index contributed by atoms with van der Waals surface area (Å²) in [5.41, 5.74) is -0.880. The topological polar surface area (TPSA) is 134 Å². The average molecular weight is 625 g/mol. The normalized spacial score (nSPS) is 32.3. The minimum atomic E-state index is -1.26. The van der Waals surface area contributed by atoms with Crippen molar-refractivity contribution in [2.45, 2.75) is 142 Å². The molecule has 8 nitrogen and oxygen atoms in total. The van der Waals surface area contributed by atoms with Crippen molar-refractivity contribution in [3.8, 4) is 5.75 Å². The molecule has 0 spiro atoms. The molecule has 43 heavy (non-hydrogen) atoms. The molecule has 244 valence electrons. The molecule has 3 rings (SSSR count). The number of rotatable bonds is 13. The van der Waals surface area contributed by atoms with Crippen LogP contribution in [0.25, 0.3) is 0 Å². The fourth-order valence-electron chi connectivity index (χ4n) is 7.53. The van der Waals surface area contributed by atoms with Crippen molar-refractivity contribution in [2.24, 2.45) is 23.7 Å². The third-order valence-electron chi connectivity index (χ3n) is 10.7. The highest BCUT2D eigenvalue weighted by molar-refractivity contribution is 6.32. The second kappa shape index (κ2) is 14.2. The van der Waals surface area contributed by atoms with E-state index in [4.69, 9.17) is 21.1 Å². The molecule has 0 saturated carbocycles. The van der Waals surface area contributed by atoms with E-state index in [-0.39, 0.29) is 58.7 Å². The van der Waals surface area contributed by atoms with Crippen LogP contribution in [0.3, 0.4) is 0 Å². The van der Waals surface area contributed by atoms with E-state index < -0.39 is 35.1 Å². The number of Topliss-reactive ketones (excluding diaryl/α,β-unsaturated/α-hetero) is 1. The number of carbonyl (C=O) groups excluding carboxylic acids is 1. The van der Waals surface area contributed by atoms with E-state index >= 15 is 0 Å². The first-order chi connectivity index (χ1) is 20.1. The van der Waals surface area contributed by atoms with Crippen molar-refractivity contribution in [3.05, 3.63) is 27.8 Å². The lowest BCUT2D eigenvalue weighted by Gasteiger charge is -2.47. The molecule has 0 amide bonds. The highest BCUT2D eigenvalue weighted by Crippen LogP contribution is 2.48. The number of aromatic hydroxyl groups is 1. The predicted molar refractivity (Wildman–Crippen MR) is 167 cm³/mol. The van der Waals surface area contributed by atoms with E-state index in [1.807, 2.05) is 27.7 Å². The quantitative estimate of drug-likeness (QED) is 0.196. The Balaban J connectivity index is 1.71. The summed E-state index contributed by atoms with van der Waals surface area (Å²) in [4.78, 5) is 25.8. The van der Waals surface area contributed by atoms with Crippen LogP contribution in [-0.2, 0) is 20.7 Å². The molecule has 10 atom stereocenters. The van der Waals surface area contributed by atoms with E-state index in [1.54, 1.807) is 19.9 Å². The van der Waals surface area contributed by atoms with Gasteiger partial charge in [-0.1, -0.05) is 53.1 Å². The van der Waals surface area contributed by atoms with Crippen molar-refractivity contribution in [2.75, 3.05) is 0 Å². The summed E-state index contributed by atoms with van der Waals surface area (Å²) in [6.45, 7) is 15.3. The van der Waals surface area contributed by atoms with E-state index in [1.165, 1.54) is 0 Å². The number of carboxylic acids is 1. The van der Waals surface area contributed by atoms with Crippen LogP contribution in [0.4, 0.5) is 0 Å². The van der Waals surface area contributed by atoms with E-state index in [9.17, 15) is 30.0 Å². The number of benzene rings is 1. The van der Waals surface area contributed by atoms with Gasteiger partial charge >= 0.3 is 5.97 Å². The molecule has 0 aromatic heterocycles. The van der Waals surface area contributed by atoms with Gasteiger partial charge in [-0.3, -0.25) is 4.79 Å². The van der Waals surface area contributed by atoms with Crippen LogP contribution < -0.4 is 0 Å². The molecule has 1 aromatic carbocycles. The number of ketones is 1. The predicted octanol–water partition coefficient (Wildman–Crippen LogP) is 6.50. The largest absolute Gasteiger partial charge is 0.507 e. The van der Waals surface area contributed by atoms with Crippen LogP contribution in [0.15, 0.2) is 6.07 Å². The van der Waals surface area contributed by atoms with E-state index in [0.717, 1.165) is 12.8 Å². The van der Waals surface area contributed by atoms with Crippen molar-refractivity contribution in [1.29, 1.82) is 0 Å². The molecule has 0 aliphatic carbocycles. The maximum atomic E-state index is 13.9. The third kappa shape index (κ3) is 7.09. The van der Waals surface area contributed by atoms with E-state index in [2.05, 4.69) is 13.8 Å². The van der Waals surface area contributed by atoms with Gasteiger partial charge in [-0.2, -0.15) is 0 Å². The van der Waals surface area contributed by atoms with Gasteiger partial charge in [-0.05, 0) is 94.2 Å². The van der Waals surface area contributed by atoms with Crippen LogP contribution in [0.2, 0.25) is 5.02 Å². The van der Waals surface area contributed by atoms with Gasteiger partial charge < -0.3 is 29.9 Å². The zero-order valence-electron chi connectivity index (χ0n) is 27.2. The molecular weight excluding hydrogens is 572 g/mol. The lowest BCUT2D eigenvalue weighted by atomic mass is 9.76. The van der Waals surface area contributed by atoms with Gasteiger partial charge in [0.05, 0.1) is 35.6 Å². The molecule has 0 bridgehead atoms. The molecule has 4 N–H and O–H groups in total. The summed E-state index contributed by atoms with van der Waals surface area (Å²) in [5.74, 6) is -2.87. The Labute approximate surface area is 262 Å². The molecule has 2 aliphatic rings. The Kier molecular flexibility index (Phi) is 11.8. The summed E-state index contributed by atoms with van der Waals surface area (Å²) in [6.07, 6.45) is 2.97. The number of aliphatic hydroxyl groups is 2. The fraction of sp³-hybridized carbons (Fsp3) is 0.765. The maximum absolute atomic E-state index is 13.9. The number of carboxylic acid groups (broad SMARTS) is 1. The van der Waals surface area contributed by atoms with Gasteiger partial charge in [-0.25, -0.2) is 4.79 Å². The zero-order chi connectivity index (χ0) is 32.4. The standard InChI is InChI=1S/C34H53ClO8/c1-9-23(31-20(6)17-34(11-3,43-31)26-14-15-33(41,10-2)22(8)42-26)30(38)21(7)28(36)18(4)12-13-24-25(35)16-19(5)29(37)27(24)32(39)40/h16,18,20-23,26,28,31,36-37,41H,9-15,17H2,1-8H3,(H,39,40). The Morgan fingerprint density at radius 2 is 1.81 bits per heavy atom. The molecular formula is C34H53ClO8. The molecule has 2 heterocycles. The Hall–Kier alpha value is -1.71. The van der Waals surface area contributed by atoms with Gasteiger partial charge in [-0.15, -0.1) is 0 Å². The maximum Gasteiger partial charge on any atom is 0.339 e. The molecule has 1 aromatic rings. The van der Waals surface area contributed by atoms with Gasteiger partial charge in [0.15, 0.2) is 0 Å². The SMILES string of the molecule is CCC(C(=O)C(C)C(O)C(C)CCc1c(Cl)cc(C)c(O)c1C(=O)O)C1OC(CC)(C2CCC(O)(CC)C(C)O2)CC1C. The minimum Gasteiger partial charge on any atom is -0.507 e. The second-order valence-corrected chi connectivity index (χ2v) is 13.7. The van der Waals surface area contributed by atoms with Crippen LogP contribution in [0, 0.1) is 30.6 Å². The van der Waals surface area contributed by atoms with Crippen molar-refractivity contribution in [1.82, 2.24) is 0 Å². The fourth-order valence-corrected chi connectivity index (χ4v) is 7.88. The second-order valence-electron chi connectivity index (χ2n) is 13.3. The number of aromatic carboxylic acids is 1. The van der Waals surface area contributed by atoms with Crippen molar-refractivity contribution >= 4 is 23.4 Å². The summed E-state index contributed by atoms with van der Waals surface area (Å²) < 4.78 is 13.2. The highest BCUT2D eigenvalue weighted by Gasteiger charge is 2.55. The average Bonchev–Trinajstić information content (AvgIpc) is 3.31. The molecule has 2 aliphatic heterocycles. The third-order valence-corrected chi connectivity index (χ3v) is 11.1. The lowest BCUT2D eigenvalue weighted by Crippen LogP contribution is -2.55. The monoisotopic (exact) mass is 624 g/mol. The Morgan fingerprint density at radius 3 is 2.35 bits per heavy atom. The van der Waals surface area contributed by atoms with Gasteiger partial charge in [0.25, 0.3) is 0 Å². The summed E-state index contributed by atoms with van der Waals surface area (Å²) in [7, 11) is 0. The van der Waals surface area contributed by atoms with Crippen LogP contribution in [-0.4, -0.2) is 67.8 Å². The first kappa shape index (κ1) is 35.8. The number of carbonyl (C=O) groups is 2. The first-order valence-electron chi connectivity index (χ1n) is 16.1. The first-order valence-corrected chi connectivity index (χ1v) is 16.5. The number of phenols is 1. The summed E-state index contributed by atoms with van der Waals surface area (Å²) in [6, 6.07) is 1.54. The molecule has 10 unspecified atom stereocenters. The molecule has 9 heteroatoms. The number of hydrogen-bond donors (Lipinski definition) is 4. The number of halogens is 1. The van der Waals surface area contributed by atoms with Gasteiger partial charge in [0.1, 0.15) is 17.1 Å².